The lowest BCUT2D eigenvalue weighted by Crippen LogP contribution is -2.35. The number of aromatic nitrogens is 4. The maximum Gasteiger partial charge on any atom is 0.406 e. The fraction of sp³-hybridized carbons (Fsp3) is 0.611. The number of nitrogens with zero attached hydrogens (tertiary/aromatic N) is 4. The van der Waals surface area contributed by atoms with Crippen LogP contribution in [0.2, 0.25) is 5.15 Å². The van der Waals surface area contributed by atoms with Gasteiger partial charge < -0.3 is 19.9 Å². The van der Waals surface area contributed by atoms with Gasteiger partial charge in [-0.15, -0.1) is 0 Å². The summed E-state index contributed by atoms with van der Waals surface area (Å²) >= 11 is 6.01. The van der Waals surface area contributed by atoms with Gasteiger partial charge in [-0.05, 0) is 6.42 Å². The van der Waals surface area contributed by atoms with Crippen LogP contribution < -0.4 is 11.4 Å². The summed E-state index contributed by atoms with van der Waals surface area (Å²) in [5.41, 5.74) is 3.70. The molecule has 1 aliphatic heterocycles. The van der Waals surface area contributed by atoms with Crippen LogP contribution >= 0.6 is 11.6 Å². The Morgan fingerprint density at radius 3 is 2.52 bits per heavy atom. The molecule has 0 spiro atoms. The van der Waals surface area contributed by atoms with E-state index in [0.717, 1.165) is 11.5 Å². The van der Waals surface area contributed by atoms with Gasteiger partial charge >= 0.3 is 23.8 Å². The Hall–Kier alpha value is -2.87. The van der Waals surface area contributed by atoms with Crippen molar-refractivity contribution in [1.82, 2.24) is 19.1 Å². The van der Waals surface area contributed by atoms with Crippen LogP contribution in [0.1, 0.15) is 39.8 Å². The zero-order valence-corrected chi connectivity index (χ0v) is 18.5. The number of esters is 2. The Balaban J connectivity index is 2.17. The molecule has 3 rings (SSSR count). The molecule has 1 fully saturated rings. The number of rotatable bonds is 6. The van der Waals surface area contributed by atoms with Crippen LogP contribution in [0.3, 0.4) is 0 Å². The van der Waals surface area contributed by atoms with Gasteiger partial charge in [-0.25, -0.2) is 9.36 Å². The molecule has 0 radical (unpaired) electrons. The van der Waals surface area contributed by atoms with Gasteiger partial charge in [-0.2, -0.15) is 23.1 Å². The topological polar surface area (TPSA) is 141 Å². The predicted molar refractivity (Wildman–Crippen MR) is 107 cm³/mol. The third kappa shape index (κ3) is 5.21. The molecular weight excluding hydrogens is 475 g/mol. The first kappa shape index (κ1) is 24.8. The van der Waals surface area contributed by atoms with Crippen LogP contribution in [-0.4, -0.2) is 55.5 Å². The maximum atomic E-state index is 13.2. The number of hydrogen-bond donors (Lipinski definition) is 1. The average Bonchev–Trinajstić information content (AvgIpc) is 3.16. The van der Waals surface area contributed by atoms with E-state index in [9.17, 15) is 27.6 Å². The van der Waals surface area contributed by atoms with Crippen molar-refractivity contribution in [3.63, 3.8) is 0 Å². The van der Waals surface area contributed by atoms with E-state index in [2.05, 4.69) is 9.97 Å². The van der Waals surface area contributed by atoms with E-state index >= 15 is 0 Å². The second-order valence-corrected chi connectivity index (χ2v) is 7.76. The molecule has 1 saturated heterocycles. The fourth-order valence-corrected chi connectivity index (χ4v) is 4.07. The first-order valence-corrected chi connectivity index (χ1v) is 10.2. The number of nitrogen functional groups attached to an aromatic ring is 1. The highest BCUT2D eigenvalue weighted by Crippen LogP contribution is 2.36. The molecule has 1 unspecified atom stereocenters. The molecule has 0 bridgehead atoms. The van der Waals surface area contributed by atoms with E-state index in [1.165, 1.54) is 6.92 Å². The Kier molecular flexibility index (Phi) is 6.88. The van der Waals surface area contributed by atoms with Crippen molar-refractivity contribution >= 4 is 40.7 Å². The molecule has 4 atom stereocenters. The number of alkyl halides is 3. The molecule has 33 heavy (non-hydrogen) atoms. The van der Waals surface area contributed by atoms with Gasteiger partial charge in [0.2, 0.25) is 5.95 Å². The summed E-state index contributed by atoms with van der Waals surface area (Å²) in [6.07, 6.45) is -8.51. The monoisotopic (exact) mass is 495 g/mol. The van der Waals surface area contributed by atoms with E-state index in [0.29, 0.717) is 11.0 Å². The third-order valence-corrected chi connectivity index (χ3v) is 5.18. The van der Waals surface area contributed by atoms with E-state index in [1.54, 1.807) is 6.92 Å². The quantitative estimate of drug-likeness (QED) is 0.470. The molecule has 2 aromatic rings. The number of ether oxygens (including phenoxy) is 3. The zero-order chi connectivity index (χ0) is 24.7. The Morgan fingerprint density at radius 1 is 1.30 bits per heavy atom. The lowest BCUT2D eigenvalue weighted by atomic mass is 10.1. The summed E-state index contributed by atoms with van der Waals surface area (Å²) in [6, 6.07) is 0. The minimum atomic E-state index is -4.77. The first-order valence-electron chi connectivity index (χ1n) is 9.82. The second kappa shape index (κ2) is 9.17. The van der Waals surface area contributed by atoms with Crippen LogP contribution in [-0.2, 0) is 30.3 Å². The smallest absolute Gasteiger partial charge is 0.406 e. The molecular formula is C18H21ClF3N5O6. The Morgan fingerprint density at radius 2 is 1.97 bits per heavy atom. The minimum absolute atomic E-state index is 0.00269. The van der Waals surface area contributed by atoms with Crippen molar-refractivity contribution in [3.05, 3.63) is 15.6 Å². The van der Waals surface area contributed by atoms with E-state index < -0.39 is 71.5 Å². The van der Waals surface area contributed by atoms with Crippen LogP contribution in [0.25, 0.3) is 11.2 Å². The van der Waals surface area contributed by atoms with Crippen LogP contribution in [0.5, 0.6) is 0 Å². The molecule has 15 heteroatoms. The zero-order valence-electron chi connectivity index (χ0n) is 17.8. The standard InChI is InChI=1S/C18H21ClF3N5O6/c1-4-9(31-7(2)28)10-5-11(32-8(3)29)15(33-10)27-14-12(13(19)24-16(23)25-14)26(17(27)30)6-18(20,21)22/h9-11,15H,4-6H2,1-3H3,(H2,23,24,25)/t9?,10-,11+,15+/m0/s1. The molecule has 11 nitrogen and oxygen atoms in total. The number of carbonyl (C=O) groups is 2. The molecule has 3 heterocycles. The van der Waals surface area contributed by atoms with Gasteiger partial charge in [0.15, 0.2) is 17.0 Å². The highest BCUT2D eigenvalue weighted by atomic mass is 35.5. The van der Waals surface area contributed by atoms with E-state index in [1.807, 2.05) is 0 Å². The summed E-state index contributed by atoms with van der Waals surface area (Å²) in [5, 5.41) is -0.470. The van der Waals surface area contributed by atoms with Crippen molar-refractivity contribution in [3.8, 4) is 0 Å². The van der Waals surface area contributed by atoms with Crippen molar-refractivity contribution in [2.45, 2.75) is 70.9 Å². The SMILES string of the molecule is CCC(OC(C)=O)[C@@H]1C[C@@H](OC(C)=O)[C@H](n2c(=O)n(CC(F)(F)F)c3c(Cl)nc(N)nc32)O1. The van der Waals surface area contributed by atoms with Crippen molar-refractivity contribution < 1.29 is 37.0 Å². The van der Waals surface area contributed by atoms with Gasteiger partial charge in [-0.3, -0.25) is 14.2 Å². The van der Waals surface area contributed by atoms with E-state index in [-0.39, 0.29) is 12.1 Å². The number of imidazole rings is 1. The van der Waals surface area contributed by atoms with Gasteiger partial charge in [-0.1, -0.05) is 18.5 Å². The fourth-order valence-electron chi connectivity index (χ4n) is 3.79. The van der Waals surface area contributed by atoms with E-state index in [4.69, 9.17) is 31.5 Å². The van der Waals surface area contributed by atoms with Gasteiger partial charge in [0.1, 0.15) is 30.4 Å². The number of carbonyl (C=O) groups excluding carboxylic acids is 2. The summed E-state index contributed by atoms with van der Waals surface area (Å²) in [6.45, 7) is 2.37. The normalized spacial score (nSPS) is 21.8. The molecule has 0 saturated carbocycles. The molecule has 0 amide bonds. The summed E-state index contributed by atoms with van der Waals surface area (Å²) in [4.78, 5) is 43.8. The highest BCUT2D eigenvalue weighted by molar-refractivity contribution is 6.33. The maximum absolute atomic E-state index is 13.2. The summed E-state index contributed by atoms with van der Waals surface area (Å²) < 4.78 is 57.2. The number of hydrogen-bond acceptors (Lipinski definition) is 9. The third-order valence-electron chi connectivity index (χ3n) is 4.92. The number of fused-ring (bicyclic) bond motifs is 1. The lowest BCUT2D eigenvalue weighted by Gasteiger charge is -2.22. The van der Waals surface area contributed by atoms with Crippen molar-refractivity contribution in [2.75, 3.05) is 5.73 Å². The highest BCUT2D eigenvalue weighted by Gasteiger charge is 2.45. The lowest BCUT2D eigenvalue weighted by molar-refractivity contribution is -0.158. The molecule has 1 aliphatic rings. The second-order valence-electron chi connectivity index (χ2n) is 7.40. The number of anilines is 1. The van der Waals surface area contributed by atoms with Crippen molar-refractivity contribution in [2.24, 2.45) is 0 Å². The Labute approximate surface area is 189 Å². The van der Waals surface area contributed by atoms with Gasteiger partial charge in [0.05, 0.1) is 0 Å². The predicted octanol–water partition coefficient (Wildman–Crippen LogP) is 1.95. The van der Waals surface area contributed by atoms with Crippen LogP contribution in [0.4, 0.5) is 19.1 Å². The molecule has 182 valence electrons. The van der Waals surface area contributed by atoms with Crippen LogP contribution in [0.15, 0.2) is 4.79 Å². The average molecular weight is 496 g/mol. The van der Waals surface area contributed by atoms with Crippen molar-refractivity contribution in [1.29, 1.82) is 0 Å². The summed E-state index contributed by atoms with van der Waals surface area (Å²) in [5.74, 6) is -1.69. The van der Waals surface area contributed by atoms with Crippen LogP contribution in [0, 0.1) is 0 Å². The summed E-state index contributed by atoms with van der Waals surface area (Å²) in [7, 11) is 0. The largest absolute Gasteiger partial charge is 0.460 e. The number of halogens is 4. The molecule has 2 N–H and O–H groups in total. The van der Waals surface area contributed by atoms with Gasteiger partial charge in [0, 0.05) is 20.3 Å². The van der Waals surface area contributed by atoms with Gasteiger partial charge in [0.25, 0.3) is 0 Å². The Bertz CT molecular complexity index is 1130. The first-order chi connectivity index (χ1) is 15.3. The number of nitrogens with two attached hydrogens (primary N) is 1. The molecule has 0 aromatic carbocycles. The molecule has 0 aliphatic carbocycles. The molecule has 2 aromatic heterocycles. The minimum Gasteiger partial charge on any atom is -0.460 e.